The van der Waals surface area contributed by atoms with Crippen molar-refractivity contribution in [3.05, 3.63) is 59.9 Å². The number of carbonyl (C=O) groups is 5. The molecule has 2 aromatic rings. The Hall–Kier alpha value is -3.87. The van der Waals surface area contributed by atoms with Crippen LogP contribution < -0.4 is 0 Å². The van der Waals surface area contributed by atoms with Crippen LogP contribution in [0.4, 0.5) is 0 Å². The van der Waals surface area contributed by atoms with Crippen LogP contribution in [0.1, 0.15) is 48.3 Å². The molecular formula is C26H32N2O10. The van der Waals surface area contributed by atoms with Crippen LogP contribution in [0.5, 0.6) is 0 Å². The van der Waals surface area contributed by atoms with E-state index >= 15 is 0 Å². The van der Waals surface area contributed by atoms with E-state index in [2.05, 4.69) is 4.90 Å². The van der Waals surface area contributed by atoms with Gasteiger partial charge in [-0.25, -0.2) is 4.79 Å². The Morgan fingerprint density at radius 3 is 2.03 bits per heavy atom. The minimum Gasteiger partial charge on any atom is -0.481 e. The number of morpholine rings is 1. The van der Waals surface area contributed by atoms with Crippen molar-refractivity contribution in [1.29, 1.82) is 0 Å². The first-order chi connectivity index (χ1) is 17.9. The van der Waals surface area contributed by atoms with Gasteiger partial charge in [0.05, 0.1) is 37.8 Å². The van der Waals surface area contributed by atoms with E-state index < -0.39 is 36.4 Å². The van der Waals surface area contributed by atoms with Gasteiger partial charge in [-0.15, -0.1) is 0 Å². The lowest BCUT2D eigenvalue weighted by Crippen LogP contribution is -2.42. The molecule has 1 aromatic heterocycles. The second-order valence-corrected chi connectivity index (χ2v) is 8.82. The van der Waals surface area contributed by atoms with Crippen molar-refractivity contribution < 1.29 is 49.1 Å². The number of carbonyl (C=O) groups excluding carboxylic acids is 2. The summed E-state index contributed by atoms with van der Waals surface area (Å²) in [5.41, 5.74) is -1.55. The van der Waals surface area contributed by atoms with Crippen molar-refractivity contribution in [3.8, 4) is 0 Å². The van der Waals surface area contributed by atoms with Crippen molar-refractivity contribution in [1.82, 2.24) is 9.47 Å². The molecule has 1 aliphatic heterocycles. The largest absolute Gasteiger partial charge is 0.481 e. The Morgan fingerprint density at radius 1 is 0.921 bits per heavy atom. The molecule has 1 atom stereocenters. The molecule has 1 unspecified atom stereocenters. The standard InChI is InChI=1S/C20H24N2O3.C6H8O7/c1-16(19(23)9-11-21-12-14-25-15-13-21)22-10-5-8-18(22)20(24)17-6-3-2-4-7-17;7-3(8)1-6(13,5(11)12)2-4(9)10/h2-8,10,16H,9,11-15H2,1H3;13H,1-2H2,(H,7,8)(H,9,10)(H,11,12). The number of ketones is 2. The number of ether oxygens (including phenoxy) is 1. The summed E-state index contributed by atoms with van der Waals surface area (Å²) in [6.07, 6.45) is 0.00898. The topological polar surface area (TPSA) is 184 Å². The van der Waals surface area contributed by atoms with E-state index in [1.54, 1.807) is 22.8 Å². The number of benzene rings is 1. The summed E-state index contributed by atoms with van der Waals surface area (Å²) < 4.78 is 7.12. The first-order valence-electron chi connectivity index (χ1n) is 11.9. The normalized spacial score (nSPS) is 14.6. The fourth-order valence-electron chi connectivity index (χ4n) is 3.83. The summed E-state index contributed by atoms with van der Waals surface area (Å²) in [6.45, 7) is 5.83. The molecule has 3 rings (SSSR count). The molecule has 1 saturated heterocycles. The van der Waals surface area contributed by atoms with Crippen molar-refractivity contribution in [2.24, 2.45) is 0 Å². The summed E-state index contributed by atoms with van der Waals surface area (Å²) in [5, 5.41) is 33.8. The van der Waals surface area contributed by atoms with Gasteiger partial charge in [-0.05, 0) is 19.1 Å². The van der Waals surface area contributed by atoms with E-state index in [0.29, 0.717) is 17.7 Å². The molecule has 206 valence electrons. The van der Waals surface area contributed by atoms with Gasteiger partial charge < -0.3 is 29.7 Å². The Morgan fingerprint density at radius 2 is 1.50 bits per heavy atom. The molecule has 1 fully saturated rings. The number of aliphatic carboxylic acids is 3. The molecule has 0 aliphatic carbocycles. The SMILES string of the molecule is CC(C(=O)CCN1CCOCC1)n1cccc1C(=O)c1ccccc1.O=C(O)CC(O)(CC(=O)O)C(=O)O. The van der Waals surface area contributed by atoms with Gasteiger partial charge in [-0.2, -0.15) is 0 Å². The van der Waals surface area contributed by atoms with Gasteiger partial charge in [0.25, 0.3) is 0 Å². The monoisotopic (exact) mass is 532 g/mol. The molecule has 4 N–H and O–H groups in total. The lowest BCUT2D eigenvalue weighted by molar-refractivity contribution is -0.170. The number of nitrogens with zero attached hydrogens (tertiary/aromatic N) is 2. The lowest BCUT2D eigenvalue weighted by Gasteiger charge is -2.26. The summed E-state index contributed by atoms with van der Waals surface area (Å²) in [7, 11) is 0. The molecular weight excluding hydrogens is 500 g/mol. The second-order valence-electron chi connectivity index (χ2n) is 8.82. The predicted molar refractivity (Wildman–Crippen MR) is 133 cm³/mol. The third-order valence-electron chi connectivity index (χ3n) is 5.99. The zero-order chi connectivity index (χ0) is 28.3. The molecule has 0 spiro atoms. The third kappa shape index (κ3) is 8.91. The highest BCUT2D eigenvalue weighted by molar-refractivity contribution is 6.08. The number of hydrogen-bond donors (Lipinski definition) is 4. The van der Waals surface area contributed by atoms with Crippen LogP contribution in [0.25, 0.3) is 0 Å². The Labute approximate surface area is 219 Å². The molecule has 0 saturated carbocycles. The first kappa shape index (κ1) is 30.4. The van der Waals surface area contributed by atoms with Crippen molar-refractivity contribution in [2.45, 2.75) is 37.8 Å². The highest BCUT2D eigenvalue weighted by atomic mass is 16.5. The number of aromatic nitrogens is 1. The van der Waals surface area contributed by atoms with E-state index in [0.717, 1.165) is 32.8 Å². The van der Waals surface area contributed by atoms with Crippen molar-refractivity contribution >= 4 is 29.5 Å². The molecule has 2 heterocycles. The predicted octanol–water partition coefficient (Wildman–Crippen LogP) is 1.32. The van der Waals surface area contributed by atoms with Crippen LogP contribution in [0, 0.1) is 0 Å². The Balaban J connectivity index is 0.000000332. The maximum absolute atomic E-state index is 12.7. The van der Waals surface area contributed by atoms with E-state index in [1.165, 1.54) is 0 Å². The number of Topliss-reactive ketones (excluding diaryl/α,β-unsaturated/α-hetero) is 1. The first-order valence-corrected chi connectivity index (χ1v) is 11.9. The molecule has 38 heavy (non-hydrogen) atoms. The number of rotatable bonds is 12. The fraction of sp³-hybridized carbons (Fsp3) is 0.423. The van der Waals surface area contributed by atoms with Gasteiger partial charge >= 0.3 is 17.9 Å². The summed E-state index contributed by atoms with van der Waals surface area (Å²) >= 11 is 0. The number of hydrogen-bond acceptors (Lipinski definition) is 8. The number of carboxylic acids is 3. The summed E-state index contributed by atoms with van der Waals surface area (Å²) in [4.78, 5) is 58.0. The Kier molecular flexibility index (Phi) is 11.3. The van der Waals surface area contributed by atoms with Gasteiger partial charge in [0.15, 0.2) is 11.4 Å². The maximum Gasteiger partial charge on any atom is 0.336 e. The van der Waals surface area contributed by atoms with Gasteiger partial charge in [0, 0.05) is 37.8 Å². The highest BCUT2D eigenvalue weighted by Crippen LogP contribution is 2.18. The summed E-state index contributed by atoms with van der Waals surface area (Å²) in [6, 6.07) is 12.4. The molecule has 1 aromatic carbocycles. The quantitative estimate of drug-likeness (QED) is 0.289. The van der Waals surface area contributed by atoms with Crippen LogP contribution in [0.3, 0.4) is 0 Å². The lowest BCUT2D eigenvalue weighted by atomic mass is 9.96. The molecule has 0 amide bonds. The van der Waals surface area contributed by atoms with E-state index in [-0.39, 0.29) is 17.6 Å². The van der Waals surface area contributed by atoms with E-state index in [1.807, 2.05) is 37.4 Å². The van der Waals surface area contributed by atoms with E-state index in [4.69, 9.17) is 25.2 Å². The Bertz CT molecular complexity index is 1110. The van der Waals surface area contributed by atoms with E-state index in [9.17, 15) is 24.0 Å². The van der Waals surface area contributed by atoms with Crippen LogP contribution >= 0.6 is 0 Å². The third-order valence-corrected chi connectivity index (χ3v) is 5.99. The van der Waals surface area contributed by atoms with Gasteiger partial charge in [-0.1, -0.05) is 30.3 Å². The second kappa shape index (κ2) is 14.2. The van der Waals surface area contributed by atoms with Crippen LogP contribution in [0.2, 0.25) is 0 Å². The highest BCUT2D eigenvalue weighted by Gasteiger charge is 2.40. The minimum absolute atomic E-state index is 0.0570. The van der Waals surface area contributed by atoms with Crippen molar-refractivity contribution in [2.75, 3.05) is 32.8 Å². The van der Waals surface area contributed by atoms with Crippen molar-refractivity contribution in [3.63, 3.8) is 0 Å². The van der Waals surface area contributed by atoms with Crippen LogP contribution in [-0.2, 0) is 23.9 Å². The summed E-state index contributed by atoms with van der Waals surface area (Å²) in [5.74, 6) is -4.93. The maximum atomic E-state index is 12.7. The number of aliphatic hydroxyl groups is 1. The van der Waals surface area contributed by atoms with Gasteiger partial charge in [-0.3, -0.25) is 24.1 Å². The van der Waals surface area contributed by atoms with Gasteiger partial charge in [0.1, 0.15) is 0 Å². The van der Waals surface area contributed by atoms with Crippen LogP contribution in [0.15, 0.2) is 48.7 Å². The zero-order valence-electron chi connectivity index (χ0n) is 21.0. The average Bonchev–Trinajstić information content (AvgIpc) is 3.37. The van der Waals surface area contributed by atoms with Crippen LogP contribution in [-0.4, -0.2) is 97.8 Å². The molecule has 1 aliphatic rings. The average molecular weight is 533 g/mol. The smallest absolute Gasteiger partial charge is 0.336 e. The molecule has 0 bridgehead atoms. The molecule has 0 radical (unpaired) electrons. The molecule has 12 nitrogen and oxygen atoms in total. The minimum atomic E-state index is -2.74. The fourth-order valence-corrected chi connectivity index (χ4v) is 3.83. The zero-order valence-corrected chi connectivity index (χ0v) is 21.0. The van der Waals surface area contributed by atoms with Gasteiger partial charge in [0.2, 0.25) is 5.78 Å². The molecule has 12 heteroatoms. The number of carboxylic acid groups (broad SMARTS) is 3.